The number of nitrogens with zero attached hydrogens (tertiary/aromatic N) is 3. The third-order valence-electron chi connectivity index (χ3n) is 4.11. The van der Waals surface area contributed by atoms with Crippen LogP contribution >= 0.6 is 0 Å². The van der Waals surface area contributed by atoms with Crippen molar-refractivity contribution in [3.8, 4) is 0 Å². The van der Waals surface area contributed by atoms with Crippen molar-refractivity contribution in [3.63, 3.8) is 0 Å². The zero-order valence-electron chi connectivity index (χ0n) is 12.6. The maximum atomic E-state index is 5.31. The summed E-state index contributed by atoms with van der Waals surface area (Å²) in [5.74, 6) is 2.09. The van der Waals surface area contributed by atoms with Gasteiger partial charge in [0.25, 0.3) is 0 Å². The minimum atomic E-state index is 0.140. The van der Waals surface area contributed by atoms with E-state index in [1.807, 2.05) is 6.07 Å². The molecule has 5 nitrogen and oxygen atoms in total. The van der Waals surface area contributed by atoms with E-state index in [1.165, 1.54) is 5.56 Å². The molecule has 1 aliphatic heterocycles. The Morgan fingerprint density at radius 2 is 2.14 bits per heavy atom. The van der Waals surface area contributed by atoms with Gasteiger partial charge in [-0.25, -0.2) is 0 Å². The van der Waals surface area contributed by atoms with E-state index in [9.17, 15) is 0 Å². The highest BCUT2D eigenvalue weighted by Crippen LogP contribution is 2.24. The first-order chi connectivity index (χ1) is 10.3. The summed E-state index contributed by atoms with van der Waals surface area (Å²) in [6.45, 7) is 3.96. The Hall–Kier alpha value is -1.72. The fraction of sp³-hybridized carbons (Fsp3) is 0.500. The van der Waals surface area contributed by atoms with E-state index in [2.05, 4.69) is 51.3 Å². The summed E-state index contributed by atoms with van der Waals surface area (Å²) >= 11 is 0. The fourth-order valence-corrected chi connectivity index (χ4v) is 2.77. The highest BCUT2D eigenvalue weighted by atomic mass is 16.5. The molecule has 3 rings (SSSR count). The molecule has 1 aromatic carbocycles. The number of nitrogens with one attached hydrogen (secondary N) is 1. The lowest BCUT2D eigenvalue weighted by Crippen LogP contribution is -2.35. The first-order valence-corrected chi connectivity index (χ1v) is 7.52. The summed E-state index contributed by atoms with van der Waals surface area (Å²) in [7, 11) is 1.75. The quantitative estimate of drug-likeness (QED) is 0.912. The topological polar surface area (TPSA) is 52.0 Å². The number of aromatic nitrogens is 3. The molecule has 1 aliphatic rings. The first kappa shape index (κ1) is 14.2. The van der Waals surface area contributed by atoms with Crippen LogP contribution in [-0.4, -0.2) is 34.5 Å². The van der Waals surface area contributed by atoms with Crippen molar-refractivity contribution in [3.05, 3.63) is 47.5 Å². The summed E-state index contributed by atoms with van der Waals surface area (Å²) in [6, 6.07) is 10.6. The molecule has 1 N–H and O–H groups in total. The molecule has 0 saturated carbocycles. The van der Waals surface area contributed by atoms with E-state index in [-0.39, 0.29) is 12.1 Å². The van der Waals surface area contributed by atoms with Crippen molar-refractivity contribution in [1.29, 1.82) is 0 Å². The van der Waals surface area contributed by atoms with Crippen LogP contribution in [-0.2, 0) is 17.7 Å². The zero-order valence-corrected chi connectivity index (χ0v) is 12.6. The van der Waals surface area contributed by atoms with Gasteiger partial charge in [0.1, 0.15) is 5.82 Å². The molecule has 112 valence electrons. The van der Waals surface area contributed by atoms with Crippen LogP contribution < -0.4 is 5.32 Å². The number of rotatable bonds is 5. The van der Waals surface area contributed by atoms with Crippen molar-refractivity contribution >= 4 is 0 Å². The Labute approximate surface area is 125 Å². The molecule has 0 bridgehead atoms. The van der Waals surface area contributed by atoms with Gasteiger partial charge >= 0.3 is 0 Å². The molecule has 0 aliphatic carbocycles. The maximum absolute atomic E-state index is 5.31. The largest absolute Gasteiger partial charge is 0.382 e. The number of hydrogen-bond donors (Lipinski definition) is 1. The molecular formula is C16H22N4O. The summed E-state index contributed by atoms with van der Waals surface area (Å²) in [4.78, 5) is 0. The molecule has 5 heteroatoms. The van der Waals surface area contributed by atoms with E-state index in [4.69, 9.17) is 4.74 Å². The molecule has 1 aromatic heterocycles. The van der Waals surface area contributed by atoms with Crippen molar-refractivity contribution in [1.82, 2.24) is 20.1 Å². The van der Waals surface area contributed by atoms with Crippen LogP contribution in [0.5, 0.6) is 0 Å². The predicted octanol–water partition coefficient (Wildman–Crippen LogP) is 1.94. The average Bonchev–Trinajstić information content (AvgIpc) is 2.96. The molecule has 0 saturated heterocycles. The second-order valence-corrected chi connectivity index (χ2v) is 5.51. The smallest absolute Gasteiger partial charge is 0.154 e. The van der Waals surface area contributed by atoms with Gasteiger partial charge in [-0.05, 0) is 18.9 Å². The summed E-state index contributed by atoms with van der Waals surface area (Å²) in [5, 5.41) is 12.4. The molecule has 0 fully saturated rings. The number of fused-ring (bicyclic) bond motifs is 1. The Bertz CT molecular complexity index is 581. The number of hydrogen-bond acceptors (Lipinski definition) is 4. The molecule has 2 aromatic rings. The van der Waals surface area contributed by atoms with E-state index in [0.717, 1.165) is 37.6 Å². The summed E-state index contributed by atoms with van der Waals surface area (Å²) in [5.41, 5.74) is 1.24. The van der Waals surface area contributed by atoms with Gasteiger partial charge in [-0.2, -0.15) is 0 Å². The Morgan fingerprint density at radius 1 is 1.33 bits per heavy atom. The van der Waals surface area contributed by atoms with E-state index >= 15 is 0 Å². The second kappa shape index (κ2) is 6.37. The van der Waals surface area contributed by atoms with Crippen LogP contribution in [0.15, 0.2) is 30.3 Å². The SMILES string of the molecule is COC(C)CCc1nnc2n1CCNC2c1ccccc1. The minimum Gasteiger partial charge on any atom is -0.382 e. The van der Waals surface area contributed by atoms with Crippen molar-refractivity contribution < 1.29 is 4.74 Å². The molecule has 21 heavy (non-hydrogen) atoms. The lowest BCUT2D eigenvalue weighted by atomic mass is 10.0. The van der Waals surface area contributed by atoms with Gasteiger partial charge in [0.15, 0.2) is 5.82 Å². The lowest BCUT2D eigenvalue weighted by molar-refractivity contribution is 0.110. The molecule has 0 spiro atoms. The Morgan fingerprint density at radius 3 is 2.90 bits per heavy atom. The molecular weight excluding hydrogens is 264 g/mol. The van der Waals surface area contributed by atoms with Crippen molar-refractivity contribution in [2.24, 2.45) is 0 Å². The predicted molar refractivity (Wildman–Crippen MR) is 81.1 cm³/mol. The molecule has 2 heterocycles. The highest BCUT2D eigenvalue weighted by Gasteiger charge is 2.25. The fourth-order valence-electron chi connectivity index (χ4n) is 2.77. The van der Waals surface area contributed by atoms with Gasteiger partial charge < -0.3 is 14.6 Å². The van der Waals surface area contributed by atoms with E-state index in [1.54, 1.807) is 7.11 Å². The molecule has 0 amide bonds. The number of methoxy groups -OCH3 is 1. The van der Waals surface area contributed by atoms with E-state index in [0.29, 0.717) is 0 Å². The molecule has 2 unspecified atom stereocenters. The van der Waals surface area contributed by atoms with Crippen LogP contribution in [0.1, 0.15) is 36.6 Å². The molecule has 0 radical (unpaired) electrons. The van der Waals surface area contributed by atoms with Gasteiger partial charge in [0.05, 0.1) is 12.1 Å². The van der Waals surface area contributed by atoms with Crippen LogP contribution in [0.4, 0.5) is 0 Å². The number of benzene rings is 1. The normalized spacial score (nSPS) is 19.2. The van der Waals surface area contributed by atoms with E-state index < -0.39 is 0 Å². The number of ether oxygens (including phenoxy) is 1. The Balaban J connectivity index is 1.82. The first-order valence-electron chi connectivity index (χ1n) is 7.52. The lowest BCUT2D eigenvalue weighted by Gasteiger charge is -2.25. The monoisotopic (exact) mass is 286 g/mol. The third kappa shape index (κ3) is 2.99. The van der Waals surface area contributed by atoms with Crippen molar-refractivity contribution in [2.45, 2.75) is 38.5 Å². The standard InChI is InChI=1S/C16H22N4O/c1-12(21-2)8-9-14-18-19-16-15(17-10-11-20(14)16)13-6-4-3-5-7-13/h3-7,12,15,17H,8-11H2,1-2H3. The van der Waals surface area contributed by atoms with Crippen LogP contribution in [0.25, 0.3) is 0 Å². The van der Waals surface area contributed by atoms with Gasteiger partial charge in [-0.15, -0.1) is 10.2 Å². The van der Waals surface area contributed by atoms with Crippen molar-refractivity contribution in [2.75, 3.05) is 13.7 Å². The number of aryl methyl sites for hydroxylation is 1. The van der Waals surface area contributed by atoms with Crippen LogP contribution in [0, 0.1) is 0 Å². The Kier molecular flexibility index (Phi) is 4.31. The van der Waals surface area contributed by atoms with Gasteiger partial charge in [0.2, 0.25) is 0 Å². The third-order valence-corrected chi connectivity index (χ3v) is 4.11. The van der Waals surface area contributed by atoms with Crippen LogP contribution in [0.2, 0.25) is 0 Å². The molecule has 2 atom stereocenters. The zero-order chi connectivity index (χ0) is 14.7. The summed E-state index contributed by atoms with van der Waals surface area (Å²) in [6.07, 6.45) is 2.13. The van der Waals surface area contributed by atoms with Gasteiger partial charge in [-0.3, -0.25) is 0 Å². The summed E-state index contributed by atoms with van der Waals surface area (Å²) < 4.78 is 7.57. The average molecular weight is 286 g/mol. The van der Waals surface area contributed by atoms with Gasteiger partial charge in [0, 0.05) is 26.6 Å². The minimum absolute atomic E-state index is 0.140. The van der Waals surface area contributed by atoms with Crippen LogP contribution in [0.3, 0.4) is 0 Å². The second-order valence-electron chi connectivity index (χ2n) is 5.51. The maximum Gasteiger partial charge on any atom is 0.154 e. The van der Waals surface area contributed by atoms with Gasteiger partial charge in [-0.1, -0.05) is 30.3 Å². The highest BCUT2D eigenvalue weighted by molar-refractivity contribution is 5.26.